The fourth-order valence-corrected chi connectivity index (χ4v) is 1.03. The second-order valence-electron chi connectivity index (χ2n) is 2.13. The van der Waals surface area contributed by atoms with Crippen molar-refractivity contribution in [3.05, 3.63) is 30.1 Å². The van der Waals surface area contributed by atoms with Crippen molar-refractivity contribution in [1.82, 2.24) is 4.98 Å². The molecular weight excluding hydrogens is 112 g/mol. The molecule has 0 saturated carbocycles. The quantitative estimate of drug-likeness (QED) is 0.533. The number of aromatic nitrogens is 1. The normalized spacial score (nSPS) is 14.7. The van der Waals surface area contributed by atoms with Gasteiger partial charge in [0.25, 0.3) is 0 Å². The molecule has 0 unspecified atom stereocenters. The Morgan fingerprint density at radius 3 is 3.33 bits per heavy atom. The van der Waals surface area contributed by atoms with E-state index in [4.69, 9.17) is 0 Å². The van der Waals surface area contributed by atoms with E-state index in [1.807, 2.05) is 12.4 Å². The zero-order chi connectivity index (χ0) is 6.10. The number of H-pyrrole nitrogens is 1. The zero-order valence-electron chi connectivity index (χ0n) is 5.02. The minimum absolute atomic E-state index is 1.05. The largest absolute Gasteiger partial charge is 0.348 e. The Labute approximate surface area is 53.6 Å². The number of rotatable bonds is 0. The van der Waals surface area contributed by atoms with Gasteiger partial charge < -0.3 is 10.3 Å². The first kappa shape index (κ1) is 4.68. The van der Waals surface area contributed by atoms with E-state index in [-0.39, 0.29) is 0 Å². The highest BCUT2D eigenvalue weighted by molar-refractivity contribution is 5.50. The Bertz CT molecular complexity index is 212. The molecule has 1 aromatic rings. The van der Waals surface area contributed by atoms with Crippen LogP contribution in [0.25, 0.3) is 0 Å². The summed E-state index contributed by atoms with van der Waals surface area (Å²) in [6.07, 6.45) is 7.06. The Balaban J connectivity index is 2.46. The zero-order valence-corrected chi connectivity index (χ0v) is 5.02. The lowest BCUT2D eigenvalue weighted by Crippen LogP contribution is -1.96. The summed E-state index contributed by atoms with van der Waals surface area (Å²) in [6, 6.07) is 2.09. The van der Waals surface area contributed by atoms with Gasteiger partial charge in [-0.05, 0) is 24.3 Å². The fourth-order valence-electron chi connectivity index (χ4n) is 1.03. The van der Waals surface area contributed by atoms with Gasteiger partial charge in [-0.15, -0.1) is 0 Å². The van der Waals surface area contributed by atoms with Crippen LogP contribution in [0.5, 0.6) is 0 Å². The predicted molar refractivity (Wildman–Crippen MR) is 37.3 cm³/mol. The van der Waals surface area contributed by atoms with E-state index >= 15 is 0 Å². The maximum Gasteiger partial charge on any atom is 0.110 e. The first-order valence-corrected chi connectivity index (χ1v) is 3.04. The molecule has 0 radical (unpaired) electrons. The standard InChI is InChI=1S/C7H8N2/c1-2-6-3-5-9-7(6)8-4-1/h1,3-5,8-9H,2H2. The molecule has 0 fully saturated rings. The number of aromatic amines is 1. The van der Waals surface area contributed by atoms with E-state index in [2.05, 4.69) is 22.4 Å². The summed E-state index contributed by atoms with van der Waals surface area (Å²) in [5, 5.41) is 3.11. The van der Waals surface area contributed by atoms with E-state index in [1.165, 1.54) is 5.56 Å². The second kappa shape index (κ2) is 1.65. The van der Waals surface area contributed by atoms with Gasteiger partial charge in [-0.3, -0.25) is 0 Å². The lowest BCUT2D eigenvalue weighted by Gasteiger charge is -2.05. The van der Waals surface area contributed by atoms with Gasteiger partial charge in [-0.1, -0.05) is 6.08 Å². The maximum absolute atomic E-state index is 3.11. The van der Waals surface area contributed by atoms with Gasteiger partial charge in [-0.2, -0.15) is 0 Å². The predicted octanol–water partition coefficient (Wildman–Crippen LogP) is 1.50. The van der Waals surface area contributed by atoms with Crippen molar-refractivity contribution in [1.29, 1.82) is 0 Å². The van der Waals surface area contributed by atoms with Crippen molar-refractivity contribution >= 4 is 5.82 Å². The van der Waals surface area contributed by atoms with Crippen molar-refractivity contribution in [3.63, 3.8) is 0 Å². The van der Waals surface area contributed by atoms with Gasteiger partial charge in [0.2, 0.25) is 0 Å². The third-order valence-electron chi connectivity index (χ3n) is 1.52. The molecule has 1 aliphatic rings. The van der Waals surface area contributed by atoms with Crippen LogP contribution in [0, 0.1) is 0 Å². The first-order chi connectivity index (χ1) is 4.47. The minimum Gasteiger partial charge on any atom is -0.348 e. The number of hydrogen-bond acceptors (Lipinski definition) is 1. The Morgan fingerprint density at radius 1 is 1.44 bits per heavy atom. The van der Waals surface area contributed by atoms with Crippen LogP contribution < -0.4 is 5.32 Å². The Kier molecular flexibility index (Phi) is 0.859. The van der Waals surface area contributed by atoms with Gasteiger partial charge in [0.15, 0.2) is 0 Å². The van der Waals surface area contributed by atoms with Crippen molar-refractivity contribution in [3.8, 4) is 0 Å². The Hall–Kier alpha value is -1.18. The summed E-state index contributed by atoms with van der Waals surface area (Å²) in [4.78, 5) is 3.10. The SMILES string of the molecule is C1=CNc2[nH]ccc2C1. The highest BCUT2D eigenvalue weighted by Crippen LogP contribution is 2.16. The van der Waals surface area contributed by atoms with Gasteiger partial charge in [-0.25, -0.2) is 0 Å². The van der Waals surface area contributed by atoms with E-state index < -0.39 is 0 Å². The smallest absolute Gasteiger partial charge is 0.110 e. The number of allylic oxidation sites excluding steroid dienone is 1. The van der Waals surface area contributed by atoms with Crippen molar-refractivity contribution in [2.75, 3.05) is 5.32 Å². The van der Waals surface area contributed by atoms with Crippen molar-refractivity contribution in [2.45, 2.75) is 6.42 Å². The third-order valence-corrected chi connectivity index (χ3v) is 1.52. The summed E-state index contributed by atoms with van der Waals surface area (Å²) < 4.78 is 0. The van der Waals surface area contributed by atoms with Crippen LogP contribution in [0.2, 0.25) is 0 Å². The summed E-state index contributed by atoms with van der Waals surface area (Å²) in [5.41, 5.74) is 1.34. The van der Waals surface area contributed by atoms with Crippen molar-refractivity contribution in [2.24, 2.45) is 0 Å². The maximum atomic E-state index is 3.11. The van der Waals surface area contributed by atoms with Crippen LogP contribution in [0.4, 0.5) is 5.82 Å². The van der Waals surface area contributed by atoms with Crippen LogP contribution in [0.15, 0.2) is 24.5 Å². The van der Waals surface area contributed by atoms with E-state index in [1.54, 1.807) is 0 Å². The number of fused-ring (bicyclic) bond motifs is 1. The highest BCUT2D eigenvalue weighted by atomic mass is 15.0. The molecule has 0 amide bonds. The van der Waals surface area contributed by atoms with Gasteiger partial charge in [0, 0.05) is 6.20 Å². The van der Waals surface area contributed by atoms with Crippen LogP contribution in [0.3, 0.4) is 0 Å². The molecular formula is C7H8N2. The summed E-state index contributed by atoms with van der Waals surface area (Å²) in [7, 11) is 0. The van der Waals surface area contributed by atoms with Gasteiger partial charge in [0.1, 0.15) is 5.82 Å². The number of nitrogens with one attached hydrogen (secondary N) is 2. The lowest BCUT2D eigenvalue weighted by molar-refractivity contribution is 1.22. The van der Waals surface area contributed by atoms with Crippen LogP contribution in [-0.4, -0.2) is 4.98 Å². The van der Waals surface area contributed by atoms with E-state index in [0.29, 0.717) is 0 Å². The van der Waals surface area contributed by atoms with Crippen LogP contribution in [0.1, 0.15) is 5.56 Å². The molecule has 2 heteroatoms. The summed E-state index contributed by atoms with van der Waals surface area (Å²) in [5.74, 6) is 1.14. The molecule has 0 atom stereocenters. The second-order valence-corrected chi connectivity index (χ2v) is 2.13. The highest BCUT2D eigenvalue weighted by Gasteiger charge is 2.02. The minimum atomic E-state index is 1.05. The van der Waals surface area contributed by atoms with Gasteiger partial charge in [0.05, 0.1) is 0 Å². The molecule has 0 bridgehead atoms. The van der Waals surface area contributed by atoms with E-state index in [0.717, 1.165) is 12.2 Å². The Morgan fingerprint density at radius 2 is 2.44 bits per heavy atom. The molecule has 0 aliphatic carbocycles. The third kappa shape index (κ3) is 0.633. The lowest BCUT2D eigenvalue weighted by atomic mass is 10.2. The monoisotopic (exact) mass is 120 g/mol. The molecule has 1 aliphatic heterocycles. The fraction of sp³-hybridized carbons (Fsp3) is 0.143. The van der Waals surface area contributed by atoms with Gasteiger partial charge >= 0.3 is 0 Å². The topological polar surface area (TPSA) is 27.8 Å². The number of anilines is 1. The molecule has 0 aromatic carbocycles. The molecule has 2 nitrogen and oxygen atoms in total. The first-order valence-electron chi connectivity index (χ1n) is 3.04. The molecule has 1 aromatic heterocycles. The molecule has 2 rings (SSSR count). The molecule has 9 heavy (non-hydrogen) atoms. The summed E-state index contributed by atoms with van der Waals surface area (Å²) >= 11 is 0. The average molecular weight is 120 g/mol. The summed E-state index contributed by atoms with van der Waals surface area (Å²) in [6.45, 7) is 0. The van der Waals surface area contributed by atoms with Crippen LogP contribution >= 0.6 is 0 Å². The molecule has 46 valence electrons. The molecule has 0 spiro atoms. The van der Waals surface area contributed by atoms with Crippen molar-refractivity contribution < 1.29 is 0 Å². The molecule has 2 N–H and O–H groups in total. The van der Waals surface area contributed by atoms with E-state index in [9.17, 15) is 0 Å². The molecule has 2 heterocycles. The number of hydrogen-bond donors (Lipinski definition) is 2. The van der Waals surface area contributed by atoms with Crippen LogP contribution in [-0.2, 0) is 6.42 Å². The average Bonchev–Trinajstić information content (AvgIpc) is 2.33. The molecule has 0 saturated heterocycles.